The van der Waals surface area contributed by atoms with Crippen molar-refractivity contribution in [2.24, 2.45) is 34.5 Å². The van der Waals surface area contributed by atoms with Crippen LogP contribution in [0, 0.1) is 34.5 Å². The number of rotatable bonds is 3. The van der Waals surface area contributed by atoms with Gasteiger partial charge in [0.25, 0.3) is 0 Å². The number of hydrogen-bond acceptors (Lipinski definition) is 9. The van der Waals surface area contributed by atoms with Gasteiger partial charge in [-0.3, -0.25) is 0 Å². The van der Waals surface area contributed by atoms with Crippen LogP contribution >= 0.6 is 0 Å². The van der Waals surface area contributed by atoms with Gasteiger partial charge in [0.2, 0.25) is 0 Å². The van der Waals surface area contributed by atoms with Crippen LogP contribution in [0.1, 0.15) is 65.2 Å². The van der Waals surface area contributed by atoms with Crippen LogP contribution in [-0.2, 0) is 19.0 Å². The maximum Gasteiger partial charge on any atom is 0.331 e. The Kier molecular flexibility index (Phi) is 6.35. The van der Waals surface area contributed by atoms with E-state index in [1.54, 1.807) is 6.08 Å². The summed E-state index contributed by atoms with van der Waals surface area (Å²) in [6, 6.07) is 0. The van der Waals surface area contributed by atoms with Gasteiger partial charge in [-0.15, -0.1) is 0 Å². The van der Waals surface area contributed by atoms with E-state index in [1.807, 2.05) is 0 Å². The van der Waals surface area contributed by atoms with Crippen LogP contribution in [0.15, 0.2) is 11.6 Å². The fourth-order valence-corrected chi connectivity index (χ4v) is 9.69. The van der Waals surface area contributed by atoms with Crippen molar-refractivity contribution >= 4 is 5.97 Å². The van der Waals surface area contributed by atoms with Gasteiger partial charge in [0, 0.05) is 11.5 Å². The zero-order valence-electron chi connectivity index (χ0n) is 21.8. The van der Waals surface area contributed by atoms with Gasteiger partial charge in [-0.1, -0.05) is 13.8 Å². The van der Waals surface area contributed by atoms with Crippen LogP contribution in [-0.4, -0.2) is 87.1 Å². The molecule has 4 aliphatic carbocycles. The Hall–Kier alpha value is -1.07. The molecule has 208 valence electrons. The van der Waals surface area contributed by atoms with Crippen molar-refractivity contribution in [2.45, 2.75) is 108 Å². The third-order valence-corrected chi connectivity index (χ3v) is 11.7. The minimum Gasteiger partial charge on any atom is -0.458 e. The van der Waals surface area contributed by atoms with Crippen molar-refractivity contribution in [2.75, 3.05) is 13.2 Å². The summed E-state index contributed by atoms with van der Waals surface area (Å²) in [5.41, 5.74) is -0.593. The summed E-state index contributed by atoms with van der Waals surface area (Å²) in [4.78, 5) is 11.8. The molecule has 0 spiro atoms. The summed E-state index contributed by atoms with van der Waals surface area (Å²) >= 11 is 0. The Morgan fingerprint density at radius 3 is 2.51 bits per heavy atom. The zero-order valence-corrected chi connectivity index (χ0v) is 21.8. The molecule has 6 aliphatic rings. The van der Waals surface area contributed by atoms with Crippen LogP contribution in [0.2, 0.25) is 0 Å². The number of carbonyl (C=O) groups is 1. The molecule has 0 unspecified atom stereocenters. The second kappa shape index (κ2) is 8.98. The maximum absolute atomic E-state index is 12.4. The summed E-state index contributed by atoms with van der Waals surface area (Å²) in [6.45, 7) is 4.58. The molecule has 4 saturated carbocycles. The Balaban J connectivity index is 1.19. The fraction of sp³-hybridized carbons (Fsp3) is 0.893. The monoisotopic (exact) mass is 522 g/mol. The van der Waals surface area contributed by atoms with Gasteiger partial charge >= 0.3 is 5.97 Å². The number of hydrogen-bond donors (Lipinski definition) is 5. The third-order valence-electron chi connectivity index (χ3n) is 11.7. The van der Waals surface area contributed by atoms with Crippen molar-refractivity contribution in [3.63, 3.8) is 0 Å². The van der Waals surface area contributed by atoms with Crippen molar-refractivity contribution in [3.05, 3.63) is 11.6 Å². The van der Waals surface area contributed by atoms with E-state index in [9.17, 15) is 30.3 Å². The summed E-state index contributed by atoms with van der Waals surface area (Å²) < 4.78 is 16.8. The number of ether oxygens (including phenoxy) is 3. The molecule has 0 aromatic heterocycles. The molecule has 5 fully saturated rings. The van der Waals surface area contributed by atoms with E-state index < -0.39 is 41.7 Å². The van der Waals surface area contributed by atoms with Crippen LogP contribution in [0.4, 0.5) is 0 Å². The molecule has 1 saturated heterocycles. The van der Waals surface area contributed by atoms with Gasteiger partial charge in [-0.05, 0) is 86.0 Å². The lowest BCUT2D eigenvalue weighted by atomic mass is 9.42. The number of cyclic esters (lactones) is 1. The molecule has 0 aromatic carbocycles. The molecule has 2 heterocycles. The highest BCUT2D eigenvalue weighted by atomic mass is 16.7. The SMILES string of the molecule is C[C@]12CC[C@H](O[C@@H]3OC[C@@H](O)[C@@H](O)[C@H]3O)C[C@H]1CC[C@@H]1[C@@H]2[C@H](O)C[C@]2(C)[C@@H](C3=CC(=O)OC3)CC[C@]12O. The lowest BCUT2D eigenvalue weighted by Gasteiger charge is -2.65. The minimum absolute atomic E-state index is 0.0104. The molecule has 0 radical (unpaired) electrons. The Morgan fingerprint density at radius 1 is 1.00 bits per heavy atom. The first-order valence-electron chi connectivity index (χ1n) is 14.1. The van der Waals surface area contributed by atoms with Gasteiger partial charge in [-0.2, -0.15) is 0 Å². The highest BCUT2D eigenvalue weighted by Gasteiger charge is 2.70. The predicted octanol–water partition coefficient (Wildman–Crippen LogP) is 1.04. The summed E-state index contributed by atoms with van der Waals surface area (Å²) in [5, 5.41) is 54.1. The van der Waals surface area contributed by atoms with E-state index in [-0.39, 0.29) is 48.5 Å². The number of esters is 1. The van der Waals surface area contributed by atoms with Gasteiger partial charge in [0.15, 0.2) is 6.29 Å². The quantitative estimate of drug-likeness (QED) is 0.271. The molecule has 2 aliphatic heterocycles. The average molecular weight is 523 g/mol. The standard InChI is InChI=1S/C28H42O9/c1-26-7-5-16(37-25-24(33)23(32)20(30)13-36-25)10-15(26)3-4-18-22(26)19(29)11-27(2)17(6-8-28(18,27)34)14-9-21(31)35-12-14/h9,15-20,22-25,29-30,32-34H,3-8,10-13H2,1-2H3/t15-,16+,17-,18-,19-,20-,22-,23-,24-,25+,26+,27-,28+/m1/s1. The van der Waals surface area contributed by atoms with E-state index in [2.05, 4.69) is 13.8 Å². The lowest BCUT2D eigenvalue weighted by molar-refractivity contribution is -0.293. The second-order valence-corrected chi connectivity index (χ2v) is 13.2. The zero-order chi connectivity index (χ0) is 26.3. The minimum atomic E-state index is -1.30. The Bertz CT molecular complexity index is 954. The molecular formula is C28H42O9. The van der Waals surface area contributed by atoms with Gasteiger partial charge < -0.3 is 39.7 Å². The number of carbonyl (C=O) groups excluding carboxylic acids is 1. The molecule has 0 aromatic rings. The molecule has 37 heavy (non-hydrogen) atoms. The number of aliphatic hydroxyl groups excluding tert-OH is 4. The smallest absolute Gasteiger partial charge is 0.331 e. The number of aliphatic hydroxyl groups is 5. The molecular weight excluding hydrogens is 480 g/mol. The van der Waals surface area contributed by atoms with Crippen molar-refractivity contribution in [1.82, 2.24) is 0 Å². The molecule has 0 bridgehead atoms. The molecule has 9 heteroatoms. The first-order valence-corrected chi connectivity index (χ1v) is 14.1. The van der Waals surface area contributed by atoms with E-state index in [1.165, 1.54) is 0 Å². The van der Waals surface area contributed by atoms with E-state index in [4.69, 9.17) is 14.2 Å². The molecule has 5 N–H and O–H groups in total. The summed E-state index contributed by atoms with van der Waals surface area (Å²) in [5.74, 6) is -0.0130. The largest absolute Gasteiger partial charge is 0.458 e. The summed E-state index contributed by atoms with van der Waals surface area (Å²) in [6.07, 6.45) is 2.27. The maximum atomic E-state index is 12.4. The molecule has 9 nitrogen and oxygen atoms in total. The van der Waals surface area contributed by atoms with Gasteiger partial charge in [0.05, 0.1) is 24.4 Å². The first kappa shape index (κ1) is 26.2. The highest BCUT2D eigenvalue weighted by Crippen LogP contribution is 2.70. The van der Waals surface area contributed by atoms with Crippen LogP contribution in [0.3, 0.4) is 0 Å². The molecule has 6 rings (SSSR count). The Morgan fingerprint density at radius 2 is 1.78 bits per heavy atom. The van der Waals surface area contributed by atoms with Crippen molar-refractivity contribution in [1.29, 1.82) is 0 Å². The average Bonchev–Trinajstić information content (AvgIpc) is 3.39. The van der Waals surface area contributed by atoms with E-state index >= 15 is 0 Å². The highest BCUT2D eigenvalue weighted by molar-refractivity contribution is 5.85. The van der Waals surface area contributed by atoms with Crippen molar-refractivity contribution < 1.29 is 44.5 Å². The Labute approximate surface area is 217 Å². The third kappa shape index (κ3) is 3.79. The topological polar surface area (TPSA) is 146 Å². The van der Waals surface area contributed by atoms with Crippen LogP contribution in [0.25, 0.3) is 0 Å². The predicted molar refractivity (Wildman–Crippen MR) is 130 cm³/mol. The van der Waals surface area contributed by atoms with Crippen molar-refractivity contribution in [3.8, 4) is 0 Å². The lowest BCUT2D eigenvalue weighted by Crippen LogP contribution is -2.66. The summed E-state index contributed by atoms with van der Waals surface area (Å²) in [7, 11) is 0. The van der Waals surface area contributed by atoms with E-state index in [0.717, 1.165) is 44.1 Å². The molecule has 0 amide bonds. The van der Waals surface area contributed by atoms with Gasteiger partial charge in [-0.25, -0.2) is 4.79 Å². The second-order valence-electron chi connectivity index (χ2n) is 13.2. The molecule has 13 atom stereocenters. The normalized spacial score (nSPS) is 55.6. The van der Waals surface area contributed by atoms with Crippen LogP contribution in [0.5, 0.6) is 0 Å². The van der Waals surface area contributed by atoms with E-state index in [0.29, 0.717) is 18.8 Å². The van der Waals surface area contributed by atoms with Crippen LogP contribution < -0.4 is 0 Å². The van der Waals surface area contributed by atoms with Gasteiger partial charge in [0.1, 0.15) is 24.9 Å². The fourth-order valence-electron chi connectivity index (χ4n) is 9.69. The first-order chi connectivity index (χ1) is 17.5. The number of fused-ring (bicyclic) bond motifs is 5.